The molecule has 3 aromatic rings. The normalized spacial score (nSPS) is 20.6. The predicted molar refractivity (Wildman–Crippen MR) is 148 cm³/mol. The van der Waals surface area contributed by atoms with Gasteiger partial charge in [0, 0.05) is 62.9 Å². The van der Waals surface area contributed by atoms with Crippen molar-refractivity contribution in [3.63, 3.8) is 0 Å². The van der Waals surface area contributed by atoms with E-state index >= 15 is 0 Å². The summed E-state index contributed by atoms with van der Waals surface area (Å²) in [7, 11) is 2.22. The number of nitrogens with one attached hydrogen (secondary N) is 2. The van der Waals surface area contributed by atoms with Crippen LogP contribution in [-0.4, -0.2) is 56.3 Å². The number of morpholine rings is 1. The Hall–Kier alpha value is -2.39. The summed E-state index contributed by atoms with van der Waals surface area (Å²) in [5, 5.41) is 3.70. The number of ether oxygens (including phenoxy) is 1. The number of pyridine rings is 1. The smallest absolute Gasteiger partial charge is 0.249 e. The minimum atomic E-state index is -0.0728. The number of likely N-dealkylation sites (tertiary alicyclic amines) is 1. The molecule has 1 aromatic heterocycles. The van der Waals surface area contributed by atoms with Crippen molar-refractivity contribution in [3.8, 4) is 0 Å². The molecule has 4 heterocycles. The van der Waals surface area contributed by atoms with Crippen molar-refractivity contribution in [2.24, 2.45) is 5.92 Å². The van der Waals surface area contributed by atoms with Gasteiger partial charge in [-0.3, -0.25) is 4.79 Å². The molecular formula is C28H32N4O2S2. The van der Waals surface area contributed by atoms with Crippen LogP contribution in [0.2, 0.25) is 0 Å². The molecule has 8 heteroatoms. The average molecular weight is 521 g/mol. The molecule has 2 N–H and O–H groups in total. The number of aromatic nitrogens is 1. The molecule has 0 bridgehead atoms. The van der Waals surface area contributed by atoms with Gasteiger partial charge in [-0.25, -0.2) is 0 Å². The Bertz CT molecular complexity index is 1290. The molecule has 2 aromatic carbocycles. The van der Waals surface area contributed by atoms with Gasteiger partial charge in [0.2, 0.25) is 5.56 Å². The fourth-order valence-corrected chi connectivity index (χ4v) is 7.67. The minimum Gasteiger partial charge on any atom is -0.385 e. The summed E-state index contributed by atoms with van der Waals surface area (Å²) in [6.45, 7) is 5.61. The number of piperidine rings is 1. The van der Waals surface area contributed by atoms with Crippen LogP contribution in [0.1, 0.15) is 24.5 Å². The van der Waals surface area contributed by atoms with Gasteiger partial charge in [0.1, 0.15) is 6.10 Å². The van der Waals surface area contributed by atoms with E-state index in [0.717, 1.165) is 31.2 Å². The first kappa shape index (κ1) is 24.0. The molecule has 0 spiro atoms. The lowest BCUT2D eigenvalue weighted by molar-refractivity contribution is 0.0379. The maximum atomic E-state index is 11.8. The Morgan fingerprint density at radius 1 is 1.03 bits per heavy atom. The monoisotopic (exact) mass is 520 g/mol. The second-order valence-corrected chi connectivity index (χ2v) is 12.0. The number of nitrogens with zero attached hydrogens (tertiary/aromatic N) is 2. The highest BCUT2D eigenvalue weighted by Gasteiger charge is 2.28. The third-order valence-corrected chi connectivity index (χ3v) is 9.97. The highest BCUT2D eigenvalue weighted by atomic mass is 32.2. The first-order valence-electron chi connectivity index (χ1n) is 12.7. The summed E-state index contributed by atoms with van der Waals surface area (Å²) in [4.78, 5) is 24.4. The number of aromatic amines is 1. The van der Waals surface area contributed by atoms with Gasteiger partial charge >= 0.3 is 0 Å². The number of H-pyrrole nitrogens is 1. The summed E-state index contributed by atoms with van der Waals surface area (Å²) < 4.78 is 6.25. The summed E-state index contributed by atoms with van der Waals surface area (Å²) in [6, 6.07) is 17.0. The average Bonchev–Trinajstić information content (AvgIpc) is 2.91. The zero-order valence-electron chi connectivity index (χ0n) is 20.5. The first-order chi connectivity index (χ1) is 17.6. The third kappa shape index (κ3) is 5.18. The number of fused-ring (bicyclic) bond motifs is 2. The Morgan fingerprint density at radius 2 is 1.92 bits per heavy atom. The second-order valence-electron chi connectivity index (χ2n) is 9.88. The molecule has 1 unspecified atom stereocenters. The number of hydrogen-bond donors (Lipinski definition) is 2. The highest BCUT2D eigenvalue weighted by Crippen LogP contribution is 2.51. The number of hydrogen-bond acceptors (Lipinski definition) is 7. The van der Waals surface area contributed by atoms with Crippen molar-refractivity contribution in [1.82, 2.24) is 9.88 Å². The summed E-state index contributed by atoms with van der Waals surface area (Å²) in [6.07, 6.45) is 4.23. The molecule has 0 saturated carbocycles. The van der Waals surface area contributed by atoms with Gasteiger partial charge in [0.15, 0.2) is 0 Å². The molecule has 0 aliphatic carbocycles. The number of benzene rings is 2. The Labute approximate surface area is 220 Å². The van der Waals surface area contributed by atoms with Crippen LogP contribution < -0.4 is 15.8 Å². The number of anilines is 2. The molecular weight excluding hydrogens is 488 g/mol. The van der Waals surface area contributed by atoms with E-state index in [2.05, 4.69) is 63.5 Å². The third-order valence-electron chi connectivity index (χ3n) is 7.36. The molecule has 2 saturated heterocycles. The highest BCUT2D eigenvalue weighted by molar-refractivity contribution is 8.05. The van der Waals surface area contributed by atoms with E-state index in [0.29, 0.717) is 6.61 Å². The van der Waals surface area contributed by atoms with Gasteiger partial charge in [-0.1, -0.05) is 35.7 Å². The van der Waals surface area contributed by atoms with E-state index in [-0.39, 0.29) is 11.7 Å². The zero-order chi connectivity index (χ0) is 24.5. The van der Waals surface area contributed by atoms with Crippen molar-refractivity contribution < 1.29 is 4.74 Å². The minimum absolute atomic E-state index is 0.0295. The molecule has 3 aliphatic heterocycles. The van der Waals surface area contributed by atoms with Crippen molar-refractivity contribution in [2.45, 2.75) is 38.5 Å². The molecule has 2 fully saturated rings. The molecule has 6 rings (SSSR count). The summed E-state index contributed by atoms with van der Waals surface area (Å²) >= 11 is 3.70. The predicted octanol–water partition coefficient (Wildman–Crippen LogP) is 5.32. The van der Waals surface area contributed by atoms with Crippen LogP contribution in [0.4, 0.5) is 11.4 Å². The molecule has 6 nitrogen and oxygen atoms in total. The van der Waals surface area contributed by atoms with Gasteiger partial charge in [-0.15, -0.1) is 0 Å². The van der Waals surface area contributed by atoms with Crippen molar-refractivity contribution in [2.75, 3.05) is 56.6 Å². The van der Waals surface area contributed by atoms with Crippen molar-refractivity contribution >= 4 is 34.9 Å². The van der Waals surface area contributed by atoms with E-state index < -0.39 is 0 Å². The van der Waals surface area contributed by atoms with Crippen molar-refractivity contribution in [3.05, 3.63) is 70.6 Å². The van der Waals surface area contributed by atoms with Crippen LogP contribution in [0.5, 0.6) is 0 Å². The van der Waals surface area contributed by atoms with E-state index in [1.807, 2.05) is 29.6 Å². The van der Waals surface area contributed by atoms with E-state index in [1.54, 1.807) is 12.3 Å². The fourth-order valence-electron chi connectivity index (χ4n) is 5.22. The van der Waals surface area contributed by atoms with E-state index in [4.69, 9.17) is 4.74 Å². The van der Waals surface area contributed by atoms with Gasteiger partial charge < -0.3 is 24.8 Å². The maximum absolute atomic E-state index is 11.8. The van der Waals surface area contributed by atoms with Crippen LogP contribution in [0.15, 0.2) is 79.1 Å². The van der Waals surface area contributed by atoms with Gasteiger partial charge in [-0.05, 0) is 74.8 Å². The molecule has 188 valence electrons. The molecule has 3 aliphatic rings. The Balaban J connectivity index is 1.17. The molecule has 0 amide bonds. The van der Waals surface area contributed by atoms with Gasteiger partial charge in [0.05, 0.1) is 6.61 Å². The standard InChI is InChI=1S/C28H32N4O2S2/c1-31-11-8-19(9-12-31)17-30-20-5-6-24-26(15-20)35-25-4-2-3-22(28(25)36-24)23-18-32(13-14-34-23)21-7-10-29-27(33)16-21/h2-7,10,15-16,19,23,30H,8-9,11-14,17-18H2,1H3,(H,29,33). The lowest BCUT2D eigenvalue weighted by atomic mass is 9.97. The molecule has 36 heavy (non-hydrogen) atoms. The van der Waals surface area contributed by atoms with Crippen LogP contribution in [0, 0.1) is 5.92 Å². The first-order valence-corrected chi connectivity index (χ1v) is 14.4. The Morgan fingerprint density at radius 3 is 2.78 bits per heavy atom. The van der Waals surface area contributed by atoms with Gasteiger partial charge in [0.25, 0.3) is 0 Å². The molecule has 1 atom stereocenters. The summed E-state index contributed by atoms with van der Waals surface area (Å²) in [5.74, 6) is 0.756. The van der Waals surface area contributed by atoms with Crippen molar-refractivity contribution in [1.29, 1.82) is 0 Å². The SMILES string of the molecule is CN1CCC(CNc2ccc3c(c2)Sc2cccc(C4CN(c5cc[nH]c(=O)c5)CCO4)c2S3)CC1. The fraction of sp³-hybridized carbons (Fsp3) is 0.393. The lowest BCUT2D eigenvalue weighted by Gasteiger charge is -2.36. The van der Waals surface area contributed by atoms with E-state index in [9.17, 15) is 4.79 Å². The maximum Gasteiger partial charge on any atom is 0.249 e. The van der Waals surface area contributed by atoms with E-state index in [1.165, 1.54) is 56.8 Å². The van der Waals surface area contributed by atoms with Crippen LogP contribution in [0.25, 0.3) is 0 Å². The lowest BCUT2D eigenvalue weighted by Crippen LogP contribution is -2.39. The summed E-state index contributed by atoms with van der Waals surface area (Å²) in [5.41, 5.74) is 3.32. The quantitative estimate of drug-likeness (QED) is 0.369. The largest absolute Gasteiger partial charge is 0.385 e. The topological polar surface area (TPSA) is 60.6 Å². The zero-order valence-corrected chi connectivity index (χ0v) is 22.2. The van der Waals surface area contributed by atoms with Crippen LogP contribution in [-0.2, 0) is 4.74 Å². The molecule has 0 radical (unpaired) electrons. The van der Waals surface area contributed by atoms with Gasteiger partial charge in [-0.2, -0.15) is 0 Å². The Kier molecular flexibility index (Phi) is 7.02. The second kappa shape index (κ2) is 10.5. The number of rotatable bonds is 5. The van der Waals surface area contributed by atoms with Crippen LogP contribution in [0.3, 0.4) is 0 Å². The van der Waals surface area contributed by atoms with Crippen LogP contribution >= 0.6 is 23.5 Å².